The van der Waals surface area contributed by atoms with Crippen LogP contribution in [0.15, 0.2) is 48.2 Å². The van der Waals surface area contributed by atoms with Gasteiger partial charge in [-0.2, -0.15) is 0 Å². The Morgan fingerprint density at radius 1 is 1.00 bits per heavy atom. The lowest BCUT2D eigenvalue weighted by molar-refractivity contribution is -0.216. The van der Waals surface area contributed by atoms with E-state index in [1.165, 1.54) is 6.08 Å². The molecule has 3 rings (SSSR count). The van der Waals surface area contributed by atoms with Crippen molar-refractivity contribution < 1.29 is 28.6 Å². The summed E-state index contributed by atoms with van der Waals surface area (Å²) in [6, 6.07) is 9.93. The first-order valence-electron chi connectivity index (χ1n) is 16.5. The lowest BCUT2D eigenvalue weighted by Crippen LogP contribution is -2.48. The zero-order chi connectivity index (χ0) is 33.6. The molecule has 45 heavy (non-hydrogen) atoms. The van der Waals surface area contributed by atoms with Crippen LogP contribution in [0.4, 0.5) is 0 Å². The predicted octanol–water partition coefficient (Wildman–Crippen LogP) is 7.30. The molecule has 1 saturated carbocycles. The van der Waals surface area contributed by atoms with Crippen LogP contribution in [-0.2, 0) is 28.6 Å². The number of thioether (sulfide) groups is 1. The van der Waals surface area contributed by atoms with Crippen LogP contribution in [0.5, 0.6) is 0 Å². The van der Waals surface area contributed by atoms with Gasteiger partial charge in [-0.05, 0) is 96.3 Å². The maximum atomic E-state index is 14.4. The van der Waals surface area contributed by atoms with Crippen LogP contribution in [0.2, 0.25) is 0 Å². The number of ether oxygens (including phenoxy) is 3. The van der Waals surface area contributed by atoms with E-state index in [2.05, 4.69) is 18.9 Å². The Morgan fingerprint density at radius 2 is 1.60 bits per heavy atom. The first-order chi connectivity index (χ1) is 21.4. The Kier molecular flexibility index (Phi) is 16.4. The number of carbonyl (C=O) groups excluding carboxylic acids is 3. The molecular weight excluding hydrogens is 588 g/mol. The minimum atomic E-state index is -1.39. The van der Waals surface area contributed by atoms with E-state index in [9.17, 15) is 14.4 Å². The molecule has 0 bridgehead atoms. The van der Waals surface area contributed by atoms with Crippen molar-refractivity contribution in [3.63, 3.8) is 0 Å². The van der Waals surface area contributed by atoms with Crippen LogP contribution >= 0.6 is 11.8 Å². The van der Waals surface area contributed by atoms with Crippen molar-refractivity contribution in [2.45, 2.75) is 105 Å². The van der Waals surface area contributed by atoms with E-state index < -0.39 is 17.7 Å². The second-order valence-corrected chi connectivity index (χ2v) is 13.3. The molecule has 252 valence electrons. The minimum Gasteiger partial charge on any atom is -0.461 e. The smallest absolute Gasteiger partial charge is 0.335 e. The topological polar surface area (TPSA) is 85.4 Å². The fourth-order valence-electron chi connectivity index (χ4n) is 5.60. The highest BCUT2D eigenvalue weighted by atomic mass is 32.2. The summed E-state index contributed by atoms with van der Waals surface area (Å²) in [6.45, 7) is 14.3. The highest BCUT2D eigenvalue weighted by Gasteiger charge is 2.36. The average Bonchev–Trinajstić information content (AvgIpc) is 3.01. The quantitative estimate of drug-likeness (QED) is 0.101. The van der Waals surface area contributed by atoms with Crippen molar-refractivity contribution in [2.75, 3.05) is 33.0 Å². The van der Waals surface area contributed by atoms with Crippen molar-refractivity contribution in [3.8, 4) is 0 Å². The summed E-state index contributed by atoms with van der Waals surface area (Å²) in [4.78, 5) is 45.0. The van der Waals surface area contributed by atoms with Gasteiger partial charge in [0, 0.05) is 36.8 Å². The van der Waals surface area contributed by atoms with Gasteiger partial charge >= 0.3 is 11.9 Å². The Balaban J connectivity index is 0.00000345. The summed E-state index contributed by atoms with van der Waals surface area (Å²) in [6.07, 6.45) is 10.5. The first kappa shape index (κ1) is 38.6. The molecule has 1 heterocycles. The first-order valence-corrected chi connectivity index (χ1v) is 17.7. The SMILES string of the molecule is CC.CS/C(=C\C(=C\C(=O)OC(C)(C)OCC(=O)OC(C)C)N(C(=O)C1CCC(C)CC1)C1CCN(C)CC1)c1ccccc1. The number of nitrogens with zero attached hydrogens (tertiary/aromatic N) is 2. The molecule has 1 amide bonds. The largest absolute Gasteiger partial charge is 0.461 e. The number of likely N-dealkylation sites (tertiary alicyclic amines) is 1. The molecule has 0 spiro atoms. The van der Waals surface area contributed by atoms with E-state index in [0.29, 0.717) is 11.6 Å². The van der Waals surface area contributed by atoms with Gasteiger partial charge < -0.3 is 24.0 Å². The number of piperidine rings is 1. The Hall–Kier alpha value is -2.62. The average molecular weight is 645 g/mol. The van der Waals surface area contributed by atoms with Crippen molar-refractivity contribution in [1.29, 1.82) is 0 Å². The molecule has 1 saturated heterocycles. The van der Waals surface area contributed by atoms with Crippen molar-refractivity contribution in [3.05, 3.63) is 53.7 Å². The fourth-order valence-corrected chi connectivity index (χ4v) is 6.21. The van der Waals surface area contributed by atoms with Crippen LogP contribution in [0.25, 0.3) is 4.91 Å². The summed E-state index contributed by atoms with van der Waals surface area (Å²) >= 11 is 1.57. The third-order valence-corrected chi connectivity index (χ3v) is 8.80. The molecule has 0 radical (unpaired) electrons. The molecule has 0 atom stereocenters. The van der Waals surface area contributed by atoms with Crippen LogP contribution in [-0.4, -0.2) is 78.6 Å². The van der Waals surface area contributed by atoms with E-state index >= 15 is 0 Å². The molecule has 1 aromatic carbocycles. The number of hydrogen-bond acceptors (Lipinski definition) is 8. The van der Waals surface area contributed by atoms with Gasteiger partial charge in [-0.3, -0.25) is 4.79 Å². The molecule has 2 aliphatic rings. The van der Waals surface area contributed by atoms with Crippen LogP contribution in [0.1, 0.15) is 92.6 Å². The maximum Gasteiger partial charge on any atom is 0.335 e. The van der Waals surface area contributed by atoms with E-state index in [1.54, 1.807) is 39.5 Å². The molecule has 1 aromatic rings. The zero-order valence-electron chi connectivity index (χ0n) is 29.0. The van der Waals surface area contributed by atoms with Gasteiger partial charge in [0.15, 0.2) is 0 Å². The summed E-state index contributed by atoms with van der Waals surface area (Å²) in [7, 11) is 2.10. The van der Waals surface area contributed by atoms with Gasteiger partial charge in [0.1, 0.15) is 6.61 Å². The molecule has 9 heteroatoms. The standard InChI is InChI=1S/C34H50N2O6S.C2H6/c1-24(2)41-32(38)23-40-34(4,5)42-31(37)22-29(21-30(43-7)26-11-9-8-10-12-26)36(28-17-19-35(6)20-18-28)33(39)27-15-13-25(3)14-16-27;1-2/h8-12,21-22,24-25,27-28H,13-20,23H2,1-7H3;1-2H3/b29-22-,30-21-;. The number of carbonyl (C=O) groups is 3. The fraction of sp³-hybridized carbons (Fsp3) is 0.639. The van der Waals surface area contributed by atoms with Crippen LogP contribution in [0.3, 0.4) is 0 Å². The Bertz CT molecular complexity index is 1130. The second kappa shape index (κ2) is 19.1. The Labute approximate surface area is 275 Å². The number of benzene rings is 1. The van der Waals surface area contributed by atoms with Crippen LogP contribution in [0, 0.1) is 11.8 Å². The normalized spacial score (nSPS) is 20.2. The lowest BCUT2D eigenvalue weighted by Gasteiger charge is -2.40. The highest BCUT2D eigenvalue weighted by molar-refractivity contribution is 8.07. The molecule has 8 nitrogen and oxygen atoms in total. The third-order valence-electron chi connectivity index (χ3n) is 8.01. The van der Waals surface area contributed by atoms with E-state index in [4.69, 9.17) is 14.2 Å². The van der Waals surface area contributed by atoms with Gasteiger partial charge in [0.25, 0.3) is 0 Å². The van der Waals surface area contributed by atoms with Gasteiger partial charge in [-0.15, -0.1) is 11.8 Å². The molecule has 1 aliphatic carbocycles. The number of allylic oxidation sites excluding steroid dienone is 1. The monoisotopic (exact) mass is 644 g/mol. The van der Waals surface area contributed by atoms with Crippen molar-refractivity contribution in [1.82, 2.24) is 9.80 Å². The van der Waals surface area contributed by atoms with Crippen molar-refractivity contribution in [2.24, 2.45) is 11.8 Å². The second-order valence-electron chi connectivity index (χ2n) is 12.5. The number of hydrogen-bond donors (Lipinski definition) is 0. The molecule has 2 fully saturated rings. The summed E-state index contributed by atoms with van der Waals surface area (Å²) in [5.74, 6) is -1.95. The predicted molar refractivity (Wildman–Crippen MR) is 183 cm³/mol. The summed E-state index contributed by atoms with van der Waals surface area (Å²) < 4.78 is 16.5. The number of esters is 2. The third kappa shape index (κ3) is 13.0. The van der Waals surface area contributed by atoms with Crippen LogP contribution < -0.4 is 0 Å². The zero-order valence-corrected chi connectivity index (χ0v) is 29.8. The van der Waals surface area contributed by atoms with E-state index in [0.717, 1.165) is 62.1 Å². The van der Waals surface area contributed by atoms with Gasteiger partial charge in [0.05, 0.1) is 11.8 Å². The number of rotatable bonds is 12. The van der Waals surface area contributed by atoms with Crippen molar-refractivity contribution >= 4 is 34.5 Å². The molecular formula is C36H56N2O6S. The summed E-state index contributed by atoms with van der Waals surface area (Å²) in [5, 5.41) is 0. The Morgan fingerprint density at radius 3 is 2.16 bits per heavy atom. The van der Waals surface area contributed by atoms with E-state index in [-0.39, 0.29) is 30.6 Å². The minimum absolute atomic E-state index is 0.0349. The molecule has 0 N–H and O–H groups in total. The maximum absolute atomic E-state index is 14.4. The molecule has 0 unspecified atom stereocenters. The van der Waals surface area contributed by atoms with E-state index in [1.807, 2.05) is 61.4 Å². The number of amides is 1. The van der Waals surface area contributed by atoms with Gasteiger partial charge in [0.2, 0.25) is 11.7 Å². The molecule has 0 aromatic heterocycles. The van der Waals surface area contributed by atoms with Gasteiger partial charge in [-0.1, -0.05) is 51.1 Å². The van der Waals surface area contributed by atoms with Gasteiger partial charge in [-0.25, -0.2) is 9.59 Å². The molecule has 1 aliphatic heterocycles. The summed E-state index contributed by atoms with van der Waals surface area (Å²) in [5.41, 5.74) is 1.52. The highest BCUT2D eigenvalue weighted by Crippen LogP contribution is 2.35. The lowest BCUT2D eigenvalue weighted by atomic mass is 9.82.